The number of rotatable bonds is 6. The Morgan fingerprint density at radius 3 is 2.56 bits per heavy atom. The van der Waals surface area contributed by atoms with E-state index in [9.17, 15) is 9.18 Å². The van der Waals surface area contributed by atoms with E-state index in [0.717, 1.165) is 5.56 Å². The maximum Gasteiger partial charge on any atom is 0.258 e. The van der Waals surface area contributed by atoms with E-state index >= 15 is 0 Å². The molecule has 25 heavy (non-hydrogen) atoms. The molecule has 0 aliphatic rings. The second-order valence-electron chi connectivity index (χ2n) is 5.47. The predicted molar refractivity (Wildman–Crippen MR) is 95.6 cm³/mol. The first kappa shape index (κ1) is 18.1. The standard InChI is InChI=1S/C18H20FN5O/c1-24(2)18(25)15(12-22-16-5-3-4-10-21-16)17(20)23-11-13-6-8-14(19)9-7-13/h3-10,12H,11H2,1-2H3,(H2,20,23)(H,21,22)/b15-12+. The lowest BCUT2D eigenvalue weighted by Crippen LogP contribution is -2.34. The van der Waals surface area contributed by atoms with Crippen LogP contribution in [0.25, 0.3) is 0 Å². The van der Waals surface area contributed by atoms with Crippen molar-refractivity contribution < 1.29 is 9.18 Å². The number of aromatic nitrogens is 1. The molecule has 3 N–H and O–H groups in total. The molecule has 130 valence electrons. The van der Waals surface area contributed by atoms with Crippen molar-refractivity contribution >= 4 is 17.6 Å². The Hall–Kier alpha value is -3.22. The highest BCUT2D eigenvalue weighted by atomic mass is 19.1. The lowest BCUT2D eigenvalue weighted by Gasteiger charge is -2.16. The summed E-state index contributed by atoms with van der Waals surface area (Å²) in [7, 11) is 3.23. The van der Waals surface area contributed by atoms with E-state index in [1.54, 1.807) is 44.6 Å². The summed E-state index contributed by atoms with van der Waals surface area (Å²) >= 11 is 0. The molecule has 1 aromatic carbocycles. The molecule has 0 atom stereocenters. The molecule has 6 nitrogen and oxygen atoms in total. The predicted octanol–water partition coefficient (Wildman–Crippen LogP) is 2.37. The highest BCUT2D eigenvalue weighted by Crippen LogP contribution is 2.06. The van der Waals surface area contributed by atoms with E-state index in [0.29, 0.717) is 12.4 Å². The average molecular weight is 341 g/mol. The summed E-state index contributed by atoms with van der Waals surface area (Å²) in [6.45, 7) is 0.306. The lowest BCUT2D eigenvalue weighted by atomic mass is 10.2. The number of halogens is 1. The van der Waals surface area contributed by atoms with Crippen LogP contribution in [0.5, 0.6) is 0 Å². The summed E-state index contributed by atoms with van der Waals surface area (Å²) in [6, 6.07) is 11.3. The van der Waals surface area contributed by atoms with Crippen LogP contribution in [0.4, 0.5) is 10.2 Å². The minimum absolute atomic E-state index is 0.0357. The quantitative estimate of drug-likeness (QED) is 0.428. The number of nitrogens with one attached hydrogen (secondary N) is 3. The lowest BCUT2D eigenvalue weighted by molar-refractivity contribution is -0.124. The first-order chi connectivity index (χ1) is 12.0. The van der Waals surface area contributed by atoms with Crippen molar-refractivity contribution in [2.24, 2.45) is 0 Å². The van der Waals surface area contributed by atoms with Crippen molar-refractivity contribution in [3.63, 3.8) is 0 Å². The van der Waals surface area contributed by atoms with Crippen LogP contribution in [0.15, 0.2) is 60.4 Å². The summed E-state index contributed by atoms with van der Waals surface area (Å²) in [5.41, 5.74) is 0.971. The third-order valence-electron chi connectivity index (χ3n) is 3.32. The summed E-state index contributed by atoms with van der Waals surface area (Å²) in [4.78, 5) is 17.8. The van der Waals surface area contributed by atoms with Gasteiger partial charge in [0.15, 0.2) is 0 Å². The second kappa shape index (κ2) is 8.58. The molecule has 0 saturated heterocycles. The zero-order valence-electron chi connectivity index (χ0n) is 14.1. The normalized spacial score (nSPS) is 10.9. The van der Waals surface area contributed by atoms with E-state index in [4.69, 9.17) is 5.41 Å². The Bertz CT molecular complexity index is 757. The molecular formula is C18H20FN5O. The van der Waals surface area contributed by atoms with Crippen molar-refractivity contribution in [3.05, 3.63) is 71.8 Å². The highest BCUT2D eigenvalue weighted by molar-refractivity contribution is 6.19. The van der Waals surface area contributed by atoms with Gasteiger partial charge in [0.25, 0.3) is 5.91 Å². The molecule has 2 aromatic rings. The monoisotopic (exact) mass is 341 g/mol. The summed E-state index contributed by atoms with van der Waals surface area (Å²) in [5.74, 6) is -0.105. The molecule has 0 saturated carbocycles. The largest absolute Gasteiger partial charge is 0.366 e. The van der Waals surface area contributed by atoms with Crippen molar-refractivity contribution in [3.8, 4) is 0 Å². The van der Waals surface area contributed by atoms with Crippen LogP contribution >= 0.6 is 0 Å². The Balaban J connectivity index is 2.09. The number of pyridine rings is 1. The van der Waals surface area contributed by atoms with Gasteiger partial charge in [-0.2, -0.15) is 0 Å². The van der Waals surface area contributed by atoms with Crippen LogP contribution in [0, 0.1) is 11.2 Å². The molecule has 1 amide bonds. The van der Waals surface area contributed by atoms with Gasteiger partial charge in [0.05, 0.1) is 5.57 Å². The molecule has 0 spiro atoms. The molecule has 7 heteroatoms. The number of hydrogen-bond acceptors (Lipinski definition) is 4. The van der Waals surface area contributed by atoms with Crippen molar-refractivity contribution in [2.45, 2.75) is 6.54 Å². The zero-order valence-corrected chi connectivity index (χ0v) is 14.1. The Morgan fingerprint density at radius 2 is 1.96 bits per heavy atom. The van der Waals surface area contributed by atoms with Gasteiger partial charge >= 0.3 is 0 Å². The molecule has 0 unspecified atom stereocenters. The van der Waals surface area contributed by atoms with Gasteiger partial charge in [0.2, 0.25) is 0 Å². The highest BCUT2D eigenvalue weighted by Gasteiger charge is 2.17. The van der Waals surface area contributed by atoms with E-state index in [-0.39, 0.29) is 23.1 Å². The minimum Gasteiger partial charge on any atom is -0.366 e. The van der Waals surface area contributed by atoms with Crippen molar-refractivity contribution in [1.82, 2.24) is 15.2 Å². The number of nitrogens with zero attached hydrogens (tertiary/aromatic N) is 2. The van der Waals surface area contributed by atoms with E-state index in [2.05, 4.69) is 15.6 Å². The van der Waals surface area contributed by atoms with Crippen LogP contribution < -0.4 is 10.6 Å². The molecule has 0 aliphatic carbocycles. The maximum absolute atomic E-state index is 12.9. The van der Waals surface area contributed by atoms with Gasteiger partial charge in [0, 0.05) is 33.0 Å². The van der Waals surface area contributed by atoms with E-state index in [1.807, 2.05) is 6.07 Å². The third-order valence-corrected chi connectivity index (χ3v) is 3.32. The molecule has 2 rings (SSSR count). The van der Waals surface area contributed by atoms with E-state index in [1.165, 1.54) is 23.2 Å². The van der Waals surface area contributed by atoms with Gasteiger partial charge < -0.3 is 15.5 Å². The number of amidine groups is 1. The fourth-order valence-corrected chi connectivity index (χ4v) is 1.96. The first-order valence-electron chi connectivity index (χ1n) is 7.64. The molecule has 0 fully saturated rings. The smallest absolute Gasteiger partial charge is 0.258 e. The van der Waals surface area contributed by atoms with Crippen LogP contribution in [0.2, 0.25) is 0 Å². The van der Waals surface area contributed by atoms with Crippen LogP contribution in [0.1, 0.15) is 5.56 Å². The SMILES string of the molecule is CN(C)C(=O)/C(=C/Nc1ccccn1)C(=N)NCc1ccc(F)cc1. The fourth-order valence-electron chi connectivity index (χ4n) is 1.96. The molecule has 0 bridgehead atoms. The molecule has 0 radical (unpaired) electrons. The minimum atomic E-state index is -0.319. The zero-order chi connectivity index (χ0) is 18.2. The van der Waals surface area contributed by atoms with Gasteiger partial charge in [-0.3, -0.25) is 10.2 Å². The number of likely N-dealkylation sites (N-methyl/N-ethyl adjacent to an activating group) is 1. The third kappa shape index (κ3) is 5.42. The summed E-state index contributed by atoms with van der Waals surface area (Å²) in [5, 5.41) is 14.0. The molecule has 0 aliphatic heterocycles. The Morgan fingerprint density at radius 1 is 1.24 bits per heavy atom. The van der Waals surface area contributed by atoms with E-state index < -0.39 is 0 Å². The fraction of sp³-hybridized carbons (Fsp3) is 0.167. The number of anilines is 1. The summed E-state index contributed by atoms with van der Waals surface area (Å²) in [6.07, 6.45) is 3.08. The number of hydrogen-bond donors (Lipinski definition) is 3. The van der Waals surface area contributed by atoms with Gasteiger partial charge in [-0.05, 0) is 29.8 Å². The molecule has 1 aromatic heterocycles. The number of amides is 1. The summed E-state index contributed by atoms with van der Waals surface area (Å²) < 4.78 is 12.9. The number of carbonyl (C=O) groups is 1. The Labute approximate surface area is 145 Å². The average Bonchev–Trinajstić information content (AvgIpc) is 2.62. The first-order valence-corrected chi connectivity index (χ1v) is 7.64. The van der Waals surface area contributed by atoms with Gasteiger partial charge in [0.1, 0.15) is 17.5 Å². The van der Waals surface area contributed by atoms with Crippen LogP contribution in [-0.4, -0.2) is 35.7 Å². The van der Waals surface area contributed by atoms with Crippen molar-refractivity contribution in [2.75, 3.05) is 19.4 Å². The topological polar surface area (TPSA) is 81.1 Å². The van der Waals surface area contributed by atoms with Gasteiger partial charge in [-0.1, -0.05) is 18.2 Å². The second-order valence-corrected chi connectivity index (χ2v) is 5.47. The maximum atomic E-state index is 12.9. The van der Waals surface area contributed by atoms with Gasteiger partial charge in [-0.25, -0.2) is 9.37 Å². The number of carbonyl (C=O) groups excluding carboxylic acids is 1. The van der Waals surface area contributed by atoms with Crippen molar-refractivity contribution in [1.29, 1.82) is 5.41 Å². The molecular weight excluding hydrogens is 321 g/mol. The number of benzene rings is 1. The Kier molecular flexibility index (Phi) is 6.22. The van der Waals surface area contributed by atoms with Crippen LogP contribution in [-0.2, 0) is 11.3 Å². The van der Waals surface area contributed by atoms with Gasteiger partial charge in [-0.15, -0.1) is 0 Å². The molecule has 1 heterocycles. The van der Waals surface area contributed by atoms with Crippen LogP contribution in [0.3, 0.4) is 0 Å².